The molecular weight excluding hydrogens is 308 g/mol. The molecule has 2 aromatic rings. The van der Waals surface area contributed by atoms with Crippen molar-refractivity contribution in [2.45, 2.75) is 0 Å². The van der Waals surface area contributed by atoms with Gasteiger partial charge in [-0.25, -0.2) is 4.79 Å². The molecule has 2 rings (SSSR count). The first kappa shape index (κ1) is 13.3. The second kappa shape index (κ2) is 6.15. The van der Waals surface area contributed by atoms with Gasteiger partial charge in [-0.3, -0.25) is 0 Å². The van der Waals surface area contributed by atoms with Crippen molar-refractivity contribution in [3.8, 4) is 0 Å². The number of halogens is 1. The summed E-state index contributed by atoms with van der Waals surface area (Å²) >= 11 is 3.33. The summed E-state index contributed by atoms with van der Waals surface area (Å²) in [4.78, 5) is 16.4. The third-order valence-electron chi connectivity index (χ3n) is 2.36. The van der Waals surface area contributed by atoms with Crippen LogP contribution in [0.15, 0.2) is 64.2 Å². The summed E-state index contributed by atoms with van der Waals surface area (Å²) in [5.41, 5.74) is 6.84. The van der Waals surface area contributed by atoms with E-state index >= 15 is 0 Å². The minimum atomic E-state index is -0.543. The zero-order chi connectivity index (χ0) is 13.7. The highest BCUT2D eigenvalue weighted by atomic mass is 79.9. The average molecular weight is 319 g/mol. The Balaban J connectivity index is 2.09. The van der Waals surface area contributed by atoms with E-state index in [0.29, 0.717) is 11.1 Å². The molecule has 0 saturated carbocycles. The maximum atomic E-state index is 11.7. The predicted octanol–water partition coefficient (Wildman–Crippen LogP) is 2.93. The van der Waals surface area contributed by atoms with Crippen molar-refractivity contribution < 1.29 is 9.63 Å². The fourth-order valence-corrected chi connectivity index (χ4v) is 1.82. The van der Waals surface area contributed by atoms with Gasteiger partial charge in [0.2, 0.25) is 0 Å². The molecule has 0 aliphatic heterocycles. The number of hydrogen-bond acceptors (Lipinski definition) is 3. The molecular formula is C14H11BrN2O2. The number of benzene rings is 2. The van der Waals surface area contributed by atoms with E-state index in [4.69, 9.17) is 10.6 Å². The van der Waals surface area contributed by atoms with Crippen LogP contribution < -0.4 is 5.73 Å². The molecule has 0 aromatic heterocycles. The summed E-state index contributed by atoms with van der Waals surface area (Å²) in [5, 5.41) is 3.64. The van der Waals surface area contributed by atoms with Crippen molar-refractivity contribution in [1.29, 1.82) is 0 Å². The van der Waals surface area contributed by atoms with Gasteiger partial charge in [0.05, 0.1) is 5.56 Å². The number of rotatable bonds is 3. The summed E-state index contributed by atoms with van der Waals surface area (Å²) in [6.07, 6.45) is 0. The molecule has 0 amide bonds. The van der Waals surface area contributed by atoms with Gasteiger partial charge in [0, 0.05) is 10.0 Å². The maximum Gasteiger partial charge on any atom is 0.365 e. The third-order valence-corrected chi connectivity index (χ3v) is 2.85. The molecule has 0 fully saturated rings. The summed E-state index contributed by atoms with van der Waals surface area (Å²) in [6, 6.07) is 15.9. The van der Waals surface area contributed by atoms with Gasteiger partial charge in [-0.05, 0) is 24.3 Å². The van der Waals surface area contributed by atoms with Crippen LogP contribution >= 0.6 is 15.9 Å². The van der Waals surface area contributed by atoms with Crippen molar-refractivity contribution in [2.75, 3.05) is 0 Å². The van der Waals surface area contributed by atoms with E-state index in [1.165, 1.54) is 0 Å². The van der Waals surface area contributed by atoms with E-state index in [9.17, 15) is 4.79 Å². The standard InChI is InChI=1S/C14H11BrN2O2/c15-12-8-4-7-11(9-12)13(16)17-19-14(18)10-5-2-1-3-6-10/h1-9H,(H2,16,17). The lowest BCUT2D eigenvalue weighted by Crippen LogP contribution is -2.15. The van der Waals surface area contributed by atoms with Crippen LogP contribution in [0.1, 0.15) is 15.9 Å². The Morgan fingerprint density at radius 2 is 1.74 bits per heavy atom. The number of nitrogens with two attached hydrogens (primary N) is 1. The molecule has 0 aliphatic rings. The lowest BCUT2D eigenvalue weighted by molar-refractivity contribution is 0.0516. The topological polar surface area (TPSA) is 64.7 Å². The summed E-state index contributed by atoms with van der Waals surface area (Å²) < 4.78 is 0.873. The SMILES string of the molecule is NC(=NOC(=O)c1ccccc1)c1cccc(Br)c1. The molecule has 0 aliphatic carbocycles. The van der Waals surface area contributed by atoms with Gasteiger partial charge in [0.25, 0.3) is 0 Å². The first-order chi connectivity index (χ1) is 9.16. The molecule has 0 atom stereocenters. The Hall–Kier alpha value is -2.14. The van der Waals surface area contributed by atoms with Crippen molar-refractivity contribution >= 4 is 27.7 Å². The lowest BCUT2D eigenvalue weighted by atomic mass is 10.2. The zero-order valence-electron chi connectivity index (χ0n) is 9.92. The minimum absolute atomic E-state index is 0.144. The third kappa shape index (κ3) is 3.66. The minimum Gasteiger partial charge on any atom is -0.380 e. The van der Waals surface area contributed by atoms with Crippen LogP contribution in [0, 0.1) is 0 Å². The Morgan fingerprint density at radius 3 is 2.42 bits per heavy atom. The van der Waals surface area contributed by atoms with E-state index in [0.717, 1.165) is 4.47 Å². The Bertz CT molecular complexity index is 612. The van der Waals surface area contributed by atoms with Crippen LogP contribution in [0.3, 0.4) is 0 Å². The van der Waals surface area contributed by atoms with Crippen molar-refractivity contribution in [2.24, 2.45) is 10.9 Å². The van der Waals surface area contributed by atoms with E-state index in [-0.39, 0.29) is 5.84 Å². The van der Waals surface area contributed by atoms with Gasteiger partial charge in [-0.2, -0.15) is 0 Å². The first-order valence-electron chi connectivity index (χ1n) is 5.52. The van der Waals surface area contributed by atoms with Gasteiger partial charge in [0.15, 0.2) is 5.84 Å². The number of carbonyl (C=O) groups excluding carboxylic acids is 1. The second-order valence-corrected chi connectivity index (χ2v) is 4.65. The molecule has 5 heteroatoms. The fourth-order valence-electron chi connectivity index (χ4n) is 1.42. The highest BCUT2D eigenvalue weighted by Crippen LogP contribution is 2.11. The van der Waals surface area contributed by atoms with Crippen LogP contribution in [0.25, 0.3) is 0 Å². The van der Waals surface area contributed by atoms with Gasteiger partial charge in [-0.1, -0.05) is 51.4 Å². The van der Waals surface area contributed by atoms with E-state index in [1.807, 2.05) is 18.2 Å². The van der Waals surface area contributed by atoms with Gasteiger partial charge >= 0.3 is 5.97 Å². The number of oxime groups is 1. The molecule has 0 unspecified atom stereocenters. The summed E-state index contributed by atoms with van der Waals surface area (Å²) in [7, 11) is 0. The quantitative estimate of drug-likeness (QED) is 0.409. The van der Waals surface area contributed by atoms with E-state index in [1.54, 1.807) is 36.4 Å². The monoisotopic (exact) mass is 318 g/mol. The Kier molecular flexibility index (Phi) is 4.30. The molecule has 2 aromatic carbocycles. The second-order valence-electron chi connectivity index (χ2n) is 3.73. The van der Waals surface area contributed by atoms with E-state index in [2.05, 4.69) is 21.1 Å². The van der Waals surface area contributed by atoms with Crippen LogP contribution in [-0.4, -0.2) is 11.8 Å². The predicted molar refractivity (Wildman–Crippen MR) is 76.7 cm³/mol. The molecule has 0 spiro atoms. The van der Waals surface area contributed by atoms with Crippen LogP contribution in [0.2, 0.25) is 0 Å². The van der Waals surface area contributed by atoms with E-state index < -0.39 is 5.97 Å². The van der Waals surface area contributed by atoms with Gasteiger partial charge in [-0.15, -0.1) is 0 Å². The molecule has 0 radical (unpaired) electrons. The van der Waals surface area contributed by atoms with Crippen LogP contribution in [0.4, 0.5) is 0 Å². The summed E-state index contributed by atoms with van der Waals surface area (Å²) in [5.74, 6) is -0.399. The van der Waals surface area contributed by atoms with Crippen molar-refractivity contribution in [3.05, 3.63) is 70.2 Å². The molecule has 96 valence electrons. The Labute approximate surface area is 119 Å². The van der Waals surface area contributed by atoms with Crippen LogP contribution in [0.5, 0.6) is 0 Å². The molecule has 0 heterocycles. The highest BCUT2D eigenvalue weighted by Gasteiger charge is 2.07. The highest BCUT2D eigenvalue weighted by molar-refractivity contribution is 9.10. The zero-order valence-corrected chi connectivity index (χ0v) is 11.5. The first-order valence-corrected chi connectivity index (χ1v) is 6.32. The largest absolute Gasteiger partial charge is 0.380 e. The maximum absolute atomic E-state index is 11.7. The molecule has 0 saturated heterocycles. The number of amidine groups is 1. The number of hydrogen-bond donors (Lipinski definition) is 1. The summed E-state index contributed by atoms with van der Waals surface area (Å²) in [6.45, 7) is 0. The molecule has 0 bridgehead atoms. The molecule has 19 heavy (non-hydrogen) atoms. The van der Waals surface area contributed by atoms with Gasteiger partial charge in [0.1, 0.15) is 0 Å². The Morgan fingerprint density at radius 1 is 1.05 bits per heavy atom. The van der Waals surface area contributed by atoms with Crippen molar-refractivity contribution in [1.82, 2.24) is 0 Å². The molecule has 2 N–H and O–H groups in total. The average Bonchev–Trinajstić information content (AvgIpc) is 2.45. The molecule has 4 nitrogen and oxygen atoms in total. The number of nitrogens with zero attached hydrogens (tertiary/aromatic N) is 1. The van der Waals surface area contributed by atoms with Crippen LogP contribution in [-0.2, 0) is 4.84 Å². The van der Waals surface area contributed by atoms with Gasteiger partial charge < -0.3 is 10.6 Å². The smallest absolute Gasteiger partial charge is 0.365 e. The number of carbonyl (C=O) groups is 1. The van der Waals surface area contributed by atoms with Crippen molar-refractivity contribution in [3.63, 3.8) is 0 Å². The lowest BCUT2D eigenvalue weighted by Gasteiger charge is -2.01. The normalized spacial score (nSPS) is 11.1. The fraction of sp³-hybridized carbons (Fsp3) is 0.